The Morgan fingerprint density at radius 3 is 2.74 bits per heavy atom. The van der Waals surface area contributed by atoms with Gasteiger partial charge < -0.3 is 11.1 Å². The molecule has 0 saturated carbocycles. The van der Waals surface area contributed by atoms with Crippen LogP contribution in [-0.2, 0) is 6.42 Å². The van der Waals surface area contributed by atoms with E-state index in [1.165, 1.54) is 0 Å². The molecule has 0 spiro atoms. The zero-order valence-electron chi connectivity index (χ0n) is 10.3. The van der Waals surface area contributed by atoms with Crippen molar-refractivity contribution in [2.75, 3.05) is 11.9 Å². The van der Waals surface area contributed by atoms with Gasteiger partial charge in [-0.2, -0.15) is 0 Å². The Morgan fingerprint density at radius 1 is 1.26 bits per heavy atom. The third kappa shape index (κ3) is 3.62. The number of hydrogen-bond donors (Lipinski definition) is 2. The average Bonchev–Trinajstić information content (AvgIpc) is 2.42. The van der Waals surface area contributed by atoms with Gasteiger partial charge in [-0.3, -0.25) is 4.79 Å². The Hall–Kier alpha value is -1.72. The van der Waals surface area contributed by atoms with E-state index in [1.54, 1.807) is 24.4 Å². The van der Waals surface area contributed by atoms with Crippen LogP contribution in [0.15, 0.2) is 47.2 Å². The number of hydrogen-bond acceptors (Lipinski definition) is 3. The maximum Gasteiger partial charge on any atom is 0.255 e. The summed E-state index contributed by atoms with van der Waals surface area (Å²) in [5, 5.41) is 2.82. The maximum absolute atomic E-state index is 12.2. The number of benzene rings is 1. The number of nitrogens with one attached hydrogen (secondary N) is 1. The van der Waals surface area contributed by atoms with E-state index in [0.29, 0.717) is 24.2 Å². The summed E-state index contributed by atoms with van der Waals surface area (Å²) in [6, 6.07) is 11.0. The lowest BCUT2D eigenvalue weighted by Gasteiger charge is -2.09. The summed E-state index contributed by atoms with van der Waals surface area (Å²) in [5.74, 6) is -0.145. The Morgan fingerprint density at radius 2 is 2.05 bits per heavy atom. The van der Waals surface area contributed by atoms with Crippen molar-refractivity contribution in [3.05, 3.63) is 58.3 Å². The summed E-state index contributed by atoms with van der Waals surface area (Å²) in [6.45, 7) is 0.518. The fourth-order valence-corrected chi connectivity index (χ4v) is 2.00. The van der Waals surface area contributed by atoms with E-state index in [4.69, 9.17) is 5.73 Å². The predicted molar refractivity (Wildman–Crippen MR) is 79.1 cm³/mol. The van der Waals surface area contributed by atoms with Crippen LogP contribution < -0.4 is 11.1 Å². The van der Waals surface area contributed by atoms with Crippen molar-refractivity contribution in [1.82, 2.24) is 4.98 Å². The molecule has 0 unspecified atom stereocenters. The van der Waals surface area contributed by atoms with E-state index in [9.17, 15) is 4.79 Å². The number of carbonyl (C=O) groups excluding carboxylic acids is 1. The zero-order valence-corrected chi connectivity index (χ0v) is 11.9. The molecule has 3 N–H and O–H groups in total. The molecule has 1 aromatic heterocycles. The maximum atomic E-state index is 12.2. The van der Waals surface area contributed by atoms with Gasteiger partial charge in [-0.15, -0.1) is 0 Å². The molecule has 0 aliphatic rings. The van der Waals surface area contributed by atoms with Gasteiger partial charge in [-0.25, -0.2) is 4.98 Å². The fourth-order valence-electron chi connectivity index (χ4n) is 1.76. The molecule has 19 heavy (non-hydrogen) atoms. The summed E-state index contributed by atoms with van der Waals surface area (Å²) < 4.78 is 0.731. The number of halogens is 1. The van der Waals surface area contributed by atoms with Gasteiger partial charge in [0.05, 0.1) is 11.9 Å². The molecule has 2 aromatic rings. The van der Waals surface area contributed by atoms with Crippen LogP contribution in [0.3, 0.4) is 0 Å². The number of nitrogens with zero attached hydrogens (tertiary/aromatic N) is 1. The number of carbonyl (C=O) groups is 1. The first-order valence-electron chi connectivity index (χ1n) is 5.91. The second kappa shape index (κ2) is 6.45. The van der Waals surface area contributed by atoms with Crippen molar-refractivity contribution in [2.45, 2.75) is 6.42 Å². The molecule has 2 rings (SSSR count). The molecule has 0 fully saturated rings. The van der Waals surface area contributed by atoms with Crippen LogP contribution in [0.2, 0.25) is 0 Å². The number of rotatable bonds is 4. The lowest BCUT2D eigenvalue weighted by Crippen LogP contribution is -2.16. The number of pyridine rings is 1. The van der Waals surface area contributed by atoms with Crippen LogP contribution in [0.4, 0.5) is 5.69 Å². The van der Waals surface area contributed by atoms with Gasteiger partial charge in [0.25, 0.3) is 5.91 Å². The predicted octanol–water partition coefficient (Wildman–Crippen LogP) is 2.60. The molecule has 0 bridgehead atoms. The highest BCUT2D eigenvalue weighted by Gasteiger charge is 2.10. The second-order valence-electron chi connectivity index (χ2n) is 4.02. The van der Waals surface area contributed by atoms with Gasteiger partial charge in [-0.1, -0.05) is 18.2 Å². The van der Waals surface area contributed by atoms with Crippen LogP contribution in [0.1, 0.15) is 15.9 Å². The Labute approximate surface area is 120 Å². The van der Waals surface area contributed by atoms with Crippen molar-refractivity contribution < 1.29 is 4.79 Å². The highest BCUT2D eigenvalue weighted by molar-refractivity contribution is 9.10. The van der Waals surface area contributed by atoms with Gasteiger partial charge in [0.1, 0.15) is 4.60 Å². The molecule has 0 atom stereocenters. The first kappa shape index (κ1) is 13.7. The quantitative estimate of drug-likeness (QED) is 0.851. The van der Waals surface area contributed by atoms with E-state index >= 15 is 0 Å². The van der Waals surface area contributed by atoms with Crippen molar-refractivity contribution >= 4 is 27.5 Å². The molecule has 4 nitrogen and oxygen atoms in total. The number of nitrogens with two attached hydrogens (primary N) is 1. The molecule has 1 aromatic carbocycles. The number of amides is 1. The van der Waals surface area contributed by atoms with E-state index in [0.717, 1.165) is 10.2 Å². The first-order chi connectivity index (χ1) is 9.20. The molecule has 0 radical (unpaired) electrons. The average molecular weight is 320 g/mol. The highest BCUT2D eigenvalue weighted by atomic mass is 79.9. The smallest absolute Gasteiger partial charge is 0.255 e. The van der Waals surface area contributed by atoms with Gasteiger partial charge >= 0.3 is 0 Å². The number of anilines is 1. The summed E-state index contributed by atoms with van der Waals surface area (Å²) in [6.07, 6.45) is 2.29. The normalized spacial score (nSPS) is 10.2. The number of aromatic nitrogens is 1. The van der Waals surface area contributed by atoms with Gasteiger partial charge in [-0.05, 0) is 52.7 Å². The Balaban J connectivity index is 2.18. The van der Waals surface area contributed by atoms with E-state index < -0.39 is 0 Å². The minimum atomic E-state index is -0.145. The molecule has 0 saturated heterocycles. The minimum Gasteiger partial charge on any atom is -0.330 e. The van der Waals surface area contributed by atoms with Gasteiger partial charge in [0, 0.05) is 5.56 Å². The third-order valence-electron chi connectivity index (χ3n) is 2.66. The summed E-state index contributed by atoms with van der Waals surface area (Å²) >= 11 is 3.25. The topological polar surface area (TPSA) is 68.0 Å². The summed E-state index contributed by atoms with van der Waals surface area (Å²) in [5.41, 5.74) is 7.82. The van der Waals surface area contributed by atoms with Crippen molar-refractivity contribution in [1.29, 1.82) is 0 Å². The zero-order chi connectivity index (χ0) is 13.7. The molecule has 0 aliphatic carbocycles. The van der Waals surface area contributed by atoms with Crippen LogP contribution >= 0.6 is 15.9 Å². The molecular weight excluding hydrogens is 306 g/mol. The lowest BCUT2D eigenvalue weighted by molar-refractivity contribution is 0.102. The second-order valence-corrected chi connectivity index (χ2v) is 4.83. The standard InChI is InChI=1S/C14H14BrN3O/c15-13-6-5-11(9-17-13)18-14(19)12-4-2-1-3-10(12)7-8-16/h1-6,9H,7-8,16H2,(H,18,19). The van der Waals surface area contributed by atoms with E-state index in [1.807, 2.05) is 18.2 Å². The largest absolute Gasteiger partial charge is 0.330 e. The Kier molecular flexibility index (Phi) is 4.65. The van der Waals surface area contributed by atoms with Gasteiger partial charge in [0.2, 0.25) is 0 Å². The first-order valence-corrected chi connectivity index (χ1v) is 6.71. The molecule has 1 amide bonds. The van der Waals surface area contributed by atoms with Crippen LogP contribution in [-0.4, -0.2) is 17.4 Å². The van der Waals surface area contributed by atoms with Gasteiger partial charge in [0.15, 0.2) is 0 Å². The van der Waals surface area contributed by atoms with Crippen LogP contribution in [0, 0.1) is 0 Å². The Bertz CT molecular complexity index is 569. The van der Waals surface area contributed by atoms with Crippen LogP contribution in [0.5, 0.6) is 0 Å². The molecule has 5 heteroatoms. The van der Waals surface area contributed by atoms with E-state index in [2.05, 4.69) is 26.2 Å². The summed E-state index contributed by atoms with van der Waals surface area (Å²) in [7, 11) is 0. The minimum absolute atomic E-state index is 0.145. The third-order valence-corrected chi connectivity index (χ3v) is 3.13. The SMILES string of the molecule is NCCc1ccccc1C(=O)Nc1ccc(Br)nc1. The molecule has 0 aliphatic heterocycles. The summed E-state index contributed by atoms with van der Waals surface area (Å²) in [4.78, 5) is 16.3. The molecular formula is C14H14BrN3O. The lowest BCUT2D eigenvalue weighted by atomic mass is 10.0. The molecule has 98 valence electrons. The van der Waals surface area contributed by atoms with Crippen molar-refractivity contribution in [2.24, 2.45) is 5.73 Å². The molecule has 1 heterocycles. The fraction of sp³-hybridized carbons (Fsp3) is 0.143. The van der Waals surface area contributed by atoms with Crippen molar-refractivity contribution in [3.8, 4) is 0 Å². The van der Waals surface area contributed by atoms with Crippen molar-refractivity contribution in [3.63, 3.8) is 0 Å². The monoisotopic (exact) mass is 319 g/mol. The highest BCUT2D eigenvalue weighted by Crippen LogP contribution is 2.14. The van der Waals surface area contributed by atoms with Crippen LogP contribution in [0.25, 0.3) is 0 Å². The van der Waals surface area contributed by atoms with E-state index in [-0.39, 0.29) is 5.91 Å².